The smallest absolute Gasteiger partial charge is 0.313 e. The van der Waals surface area contributed by atoms with Crippen LogP contribution in [-0.2, 0) is 20.7 Å². The number of nitrogens with one attached hydrogen (secondary N) is 1. The minimum absolute atomic E-state index is 0.000634. The molecule has 1 N–H and O–H groups in total. The molecule has 0 unspecified atom stereocenters. The normalized spacial score (nSPS) is 18.1. The van der Waals surface area contributed by atoms with Crippen LogP contribution in [0.4, 0.5) is 0 Å². The summed E-state index contributed by atoms with van der Waals surface area (Å²) in [7, 11) is 0. The summed E-state index contributed by atoms with van der Waals surface area (Å²) in [6, 6.07) is 5.32. The number of benzene rings is 1. The molecular weight excluding hydrogens is 306 g/mol. The molecule has 0 aromatic heterocycles. The molecule has 2 atom stereocenters. The second kappa shape index (κ2) is 7.01. The van der Waals surface area contributed by atoms with E-state index in [4.69, 9.17) is 21.1 Å². The van der Waals surface area contributed by atoms with Gasteiger partial charge in [-0.1, -0.05) is 11.6 Å². The molecule has 0 saturated heterocycles. The Kier molecular flexibility index (Phi) is 5.29. The molecule has 1 aliphatic rings. The lowest BCUT2D eigenvalue weighted by atomic mass is 9.97. The Morgan fingerprint density at radius 2 is 2.09 bits per heavy atom. The first-order valence-corrected chi connectivity index (χ1v) is 7.66. The number of rotatable bonds is 4. The van der Waals surface area contributed by atoms with Gasteiger partial charge in [-0.05, 0) is 51.0 Å². The molecule has 0 saturated carbocycles. The van der Waals surface area contributed by atoms with Gasteiger partial charge in [-0.3, -0.25) is 9.59 Å². The molecular formula is C16H20ClNO4. The quantitative estimate of drug-likeness (QED) is 0.863. The van der Waals surface area contributed by atoms with Crippen molar-refractivity contribution in [2.75, 3.05) is 6.61 Å². The van der Waals surface area contributed by atoms with Gasteiger partial charge in [0.05, 0.1) is 5.92 Å². The van der Waals surface area contributed by atoms with Gasteiger partial charge < -0.3 is 14.8 Å². The van der Waals surface area contributed by atoms with Gasteiger partial charge in [0.25, 0.3) is 5.91 Å². The van der Waals surface area contributed by atoms with Crippen LogP contribution >= 0.6 is 11.6 Å². The van der Waals surface area contributed by atoms with Crippen molar-refractivity contribution < 1.29 is 19.1 Å². The molecule has 22 heavy (non-hydrogen) atoms. The Morgan fingerprint density at radius 3 is 2.77 bits per heavy atom. The maximum atomic E-state index is 12.2. The van der Waals surface area contributed by atoms with Crippen molar-refractivity contribution in [3.63, 3.8) is 0 Å². The molecule has 0 aliphatic carbocycles. The number of hydrogen-bond acceptors (Lipinski definition) is 4. The number of fused-ring (bicyclic) bond motifs is 1. The maximum Gasteiger partial charge on any atom is 0.313 e. The minimum Gasteiger partial charge on any atom is -0.492 e. The highest BCUT2D eigenvalue weighted by atomic mass is 35.5. The van der Waals surface area contributed by atoms with Gasteiger partial charge in [0.1, 0.15) is 12.4 Å². The van der Waals surface area contributed by atoms with E-state index < -0.39 is 18.0 Å². The van der Waals surface area contributed by atoms with E-state index in [-0.39, 0.29) is 18.6 Å². The first-order valence-electron chi connectivity index (χ1n) is 7.29. The Labute approximate surface area is 134 Å². The third kappa shape index (κ3) is 4.13. The molecule has 0 spiro atoms. The average Bonchev–Trinajstić information content (AvgIpc) is 2.45. The summed E-state index contributed by atoms with van der Waals surface area (Å²) in [5, 5.41) is 3.31. The van der Waals surface area contributed by atoms with Crippen LogP contribution in [0.5, 0.6) is 5.75 Å². The van der Waals surface area contributed by atoms with Crippen LogP contribution in [0.25, 0.3) is 0 Å². The van der Waals surface area contributed by atoms with E-state index in [1.807, 2.05) is 13.8 Å². The summed E-state index contributed by atoms with van der Waals surface area (Å²) in [4.78, 5) is 24.0. The van der Waals surface area contributed by atoms with Crippen molar-refractivity contribution in [3.8, 4) is 5.75 Å². The third-order valence-electron chi connectivity index (χ3n) is 3.36. The Hall–Kier alpha value is -1.75. The lowest BCUT2D eigenvalue weighted by Gasteiger charge is -2.25. The molecule has 0 radical (unpaired) electrons. The van der Waals surface area contributed by atoms with Crippen LogP contribution < -0.4 is 10.1 Å². The highest BCUT2D eigenvalue weighted by molar-refractivity contribution is 6.30. The first-order chi connectivity index (χ1) is 10.4. The summed E-state index contributed by atoms with van der Waals surface area (Å²) in [5.74, 6) is -0.431. The summed E-state index contributed by atoms with van der Waals surface area (Å²) < 4.78 is 10.8. The molecule has 6 heteroatoms. The van der Waals surface area contributed by atoms with Crippen LogP contribution in [0, 0.1) is 5.92 Å². The second-order valence-corrected chi connectivity index (χ2v) is 6.14. The van der Waals surface area contributed by atoms with Crippen LogP contribution in [0.15, 0.2) is 18.2 Å². The van der Waals surface area contributed by atoms with E-state index >= 15 is 0 Å². The van der Waals surface area contributed by atoms with Gasteiger partial charge in [0.2, 0.25) is 0 Å². The SMILES string of the molecule is CC(C)NC(=O)[C@@H](C)OC(=O)[C@H]1COc2ccc(Cl)cc2C1. The zero-order valence-corrected chi connectivity index (χ0v) is 13.6. The average molecular weight is 326 g/mol. The van der Waals surface area contributed by atoms with E-state index in [0.29, 0.717) is 11.4 Å². The van der Waals surface area contributed by atoms with Gasteiger partial charge in [0, 0.05) is 11.1 Å². The third-order valence-corrected chi connectivity index (χ3v) is 3.59. The van der Waals surface area contributed by atoms with Gasteiger partial charge in [-0.15, -0.1) is 0 Å². The molecule has 1 heterocycles. The zero-order valence-electron chi connectivity index (χ0n) is 12.9. The molecule has 2 rings (SSSR count). The first kappa shape index (κ1) is 16.6. The maximum absolute atomic E-state index is 12.2. The van der Waals surface area contributed by atoms with Crippen LogP contribution in [0.2, 0.25) is 5.02 Å². The van der Waals surface area contributed by atoms with Crippen molar-refractivity contribution in [1.29, 1.82) is 0 Å². The standard InChI is InChI=1S/C16H20ClNO4/c1-9(2)18-15(19)10(3)22-16(20)12-6-11-7-13(17)4-5-14(11)21-8-12/h4-5,7,9-10,12H,6,8H2,1-3H3,(H,18,19)/t10-,12-/m1/s1. The predicted octanol–water partition coefficient (Wildman–Crippen LogP) is 2.35. The molecule has 1 aliphatic heterocycles. The fourth-order valence-electron chi connectivity index (χ4n) is 2.24. The van der Waals surface area contributed by atoms with Gasteiger partial charge in [-0.2, -0.15) is 0 Å². The molecule has 1 amide bonds. The van der Waals surface area contributed by atoms with Crippen LogP contribution in [-0.4, -0.2) is 30.6 Å². The number of ether oxygens (including phenoxy) is 2. The number of halogens is 1. The van der Waals surface area contributed by atoms with Crippen molar-refractivity contribution in [3.05, 3.63) is 28.8 Å². The summed E-state index contributed by atoms with van der Waals surface area (Å²) >= 11 is 5.95. The number of carbonyl (C=O) groups excluding carboxylic acids is 2. The highest BCUT2D eigenvalue weighted by Gasteiger charge is 2.30. The van der Waals surface area contributed by atoms with Crippen molar-refractivity contribution in [1.82, 2.24) is 5.32 Å². The number of amides is 1. The Balaban J connectivity index is 1.95. The van der Waals surface area contributed by atoms with E-state index in [0.717, 1.165) is 11.3 Å². The fraction of sp³-hybridized carbons (Fsp3) is 0.500. The van der Waals surface area contributed by atoms with Gasteiger partial charge >= 0.3 is 5.97 Å². The number of carbonyl (C=O) groups is 2. The lowest BCUT2D eigenvalue weighted by Crippen LogP contribution is -2.41. The van der Waals surface area contributed by atoms with E-state index in [1.165, 1.54) is 0 Å². The summed E-state index contributed by atoms with van der Waals surface area (Å²) in [5.41, 5.74) is 0.875. The molecule has 120 valence electrons. The number of hydrogen-bond donors (Lipinski definition) is 1. The van der Waals surface area contributed by atoms with Crippen molar-refractivity contribution >= 4 is 23.5 Å². The van der Waals surface area contributed by atoms with Crippen LogP contribution in [0.3, 0.4) is 0 Å². The highest BCUT2D eigenvalue weighted by Crippen LogP contribution is 2.30. The summed E-state index contributed by atoms with van der Waals surface area (Å²) in [6.45, 7) is 5.50. The largest absolute Gasteiger partial charge is 0.492 e. The van der Waals surface area contributed by atoms with Crippen molar-refractivity contribution in [2.24, 2.45) is 5.92 Å². The van der Waals surface area contributed by atoms with Crippen LogP contribution in [0.1, 0.15) is 26.3 Å². The van der Waals surface area contributed by atoms with E-state index in [9.17, 15) is 9.59 Å². The zero-order chi connectivity index (χ0) is 16.3. The Bertz CT molecular complexity index is 573. The topological polar surface area (TPSA) is 64.6 Å². The molecule has 0 bridgehead atoms. The monoisotopic (exact) mass is 325 g/mol. The van der Waals surface area contributed by atoms with E-state index in [2.05, 4.69) is 5.32 Å². The predicted molar refractivity (Wildman–Crippen MR) is 83.0 cm³/mol. The molecule has 0 fully saturated rings. The number of esters is 1. The lowest BCUT2D eigenvalue weighted by molar-refractivity contribution is -0.160. The fourth-order valence-corrected chi connectivity index (χ4v) is 2.44. The summed E-state index contributed by atoms with van der Waals surface area (Å²) in [6.07, 6.45) is -0.330. The van der Waals surface area contributed by atoms with E-state index in [1.54, 1.807) is 25.1 Å². The van der Waals surface area contributed by atoms with Gasteiger partial charge in [-0.25, -0.2) is 0 Å². The molecule has 1 aromatic carbocycles. The second-order valence-electron chi connectivity index (χ2n) is 5.71. The Morgan fingerprint density at radius 1 is 1.36 bits per heavy atom. The van der Waals surface area contributed by atoms with Gasteiger partial charge in [0.15, 0.2) is 6.10 Å². The molecule has 5 nitrogen and oxygen atoms in total. The minimum atomic E-state index is -0.823. The van der Waals surface area contributed by atoms with Crippen molar-refractivity contribution in [2.45, 2.75) is 39.3 Å². The molecule has 1 aromatic rings.